The first kappa shape index (κ1) is 13.8. The third-order valence-electron chi connectivity index (χ3n) is 2.53. The number of carbonyl (C=O) groups excluding carboxylic acids is 1. The zero-order valence-electron chi connectivity index (χ0n) is 11.7. The first-order valence-corrected chi connectivity index (χ1v) is 5.85. The summed E-state index contributed by atoms with van der Waals surface area (Å²) in [4.78, 5) is 41.4. The third kappa shape index (κ3) is 2.53. The van der Waals surface area contributed by atoms with Crippen LogP contribution in [0, 0.1) is 0 Å². The Morgan fingerprint density at radius 3 is 2.70 bits per heavy atom. The molecule has 0 aliphatic carbocycles. The Balaban J connectivity index is 2.68. The van der Waals surface area contributed by atoms with Gasteiger partial charge in [0.2, 0.25) is 5.95 Å². The second-order valence-electron chi connectivity index (χ2n) is 4.47. The fourth-order valence-corrected chi connectivity index (χ4v) is 1.48. The number of Topliss-reactive ketones (excluding diaryl/α,β-unsaturated/α-hetero) is 1. The molecule has 0 spiro atoms. The number of fused-ring (bicyclic) bond motifs is 1. The van der Waals surface area contributed by atoms with Crippen molar-refractivity contribution in [3.63, 3.8) is 0 Å². The maximum atomic E-state index is 12.2. The van der Waals surface area contributed by atoms with Crippen LogP contribution >= 0.6 is 0 Å². The Kier molecular flexibility index (Phi) is 3.55. The summed E-state index contributed by atoms with van der Waals surface area (Å²) in [6.45, 7) is 1.36. The normalized spacial score (nSPS) is 11.2. The molecular formula is C12H14N6O2. The molecule has 2 aromatic heterocycles. The molecule has 0 aliphatic heterocycles. The zero-order valence-corrected chi connectivity index (χ0v) is 11.7. The fourth-order valence-electron chi connectivity index (χ4n) is 1.48. The summed E-state index contributed by atoms with van der Waals surface area (Å²) < 4.78 is 1.26. The van der Waals surface area contributed by atoms with Crippen molar-refractivity contribution in [1.82, 2.24) is 24.4 Å². The van der Waals surface area contributed by atoms with Crippen molar-refractivity contribution in [3.8, 4) is 0 Å². The van der Waals surface area contributed by atoms with E-state index < -0.39 is 5.56 Å². The third-order valence-corrected chi connectivity index (χ3v) is 2.53. The molecule has 8 nitrogen and oxygen atoms in total. The second-order valence-corrected chi connectivity index (χ2v) is 4.47. The largest absolute Gasteiger partial charge is 0.369 e. The molecule has 0 radical (unpaired) electrons. The standard InChI is InChI=1S/C12H14N6O2/c1-7(19)8-5-13-10-9(15-8)11(20)18(4)12(16-10)14-6-17(2)3/h5-6H,1-4H3/b14-6+. The average Bonchev–Trinajstić information content (AvgIpc) is 2.40. The highest BCUT2D eigenvalue weighted by Crippen LogP contribution is 2.09. The summed E-state index contributed by atoms with van der Waals surface area (Å²) in [7, 11) is 5.16. The van der Waals surface area contributed by atoms with E-state index in [1.165, 1.54) is 24.0 Å². The predicted molar refractivity (Wildman–Crippen MR) is 74.4 cm³/mol. The summed E-state index contributed by atoms with van der Waals surface area (Å²) in [5.41, 5.74) is -0.0227. The topological polar surface area (TPSA) is 93.3 Å². The summed E-state index contributed by atoms with van der Waals surface area (Å²) >= 11 is 0. The molecule has 2 aromatic rings. The molecule has 2 rings (SSSR count). The summed E-state index contributed by atoms with van der Waals surface area (Å²) in [6, 6.07) is 0. The Labute approximate surface area is 114 Å². The lowest BCUT2D eigenvalue weighted by Gasteiger charge is -2.06. The quantitative estimate of drug-likeness (QED) is 0.449. The van der Waals surface area contributed by atoms with Crippen LogP contribution in [0.15, 0.2) is 16.0 Å². The van der Waals surface area contributed by atoms with E-state index in [0.717, 1.165) is 0 Å². The number of hydrogen-bond donors (Lipinski definition) is 0. The minimum atomic E-state index is -0.392. The molecule has 0 saturated heterocycles. The number of aliphatic imine (C=N–C) groups is 1. The number of hydrogen-bond acceptors (Lipinski definition) is 6. The maximum Gasteiger partial charge on any atom is 0.282 e. The SMILES string of the molecule is CC(=O)c1cnc2nc(/N=C/N(C)C)n(C)c(=O)c2n1. The van der Waals surface area contributed by atoms with E-state index in [0.29, 0.717) is 0 Å². The van der Waals surface area contributed by atoms with Gasteiger partial charge in [-0.2, -0.15) is 4.98 Å². The van der Waals surface area contributed by atoms with Crippen molar-refractivity contribution in [2.45, 2.75) is 6.92 Å². The first-order valence-electron chi connectivity index (χ1n) is 5.85. The number of ketones is 1. The number of rotatable bonds is 3. The van der Waals surface area contributed by atoms with Crippen LogP contribution in [0.1, 0.15) is 17.4 Å². The summed E-state index contributed by atoms with van der Waals surface area (Å²) in [6.07, 6.45) is 2.83. The molecule has 0 amide bonds. The molecule has 0 bridgehead atoms. The van der Waals surface area contributed by atoms with E-state index in [1.807, 2.05) is 14.1 Å². The molecule has 0 aliphatic rings. The van der Waals surface area contributed by atoms with Crippen LogP contribution in [0.5, 0.6) is 0 Å². The molecule has 0 unspecified atom stereocenters. The van der Waals surface area contributed by atoms with Crippen LogP contribution in [0.25, 0.3) is 11.2 Å². The number of nitrogens with zero attached hydrogens (tertiary/aromatic N) is 6. The van der Waals surface area contributed by atoms with E-state index in [9.17, 15) is 9.59 Å². The lowest BCUT2D eigenvalue weighted by molar-refractivity contribution is 0.101. The van der Waals surface area contributed by atoms with Crippen molar-refractivity contribution in [3.05, 3.63) is 22.2 Å². The van der Waals surface area contributed by atoms with Gasteiger partial charge in [-0.1, -0.05) is 0 Å². The minimum absolute atomic E-state index is 0.0593. The molecule has 0 aromatic carbocycles. The van der Waals surface area contributed by atoms with Gasteiger partial charge in [0.1, 0.15) is 5.69 Å². The van der Waals surface area contributed by atoms with Gasteiger partial charge >= 0.3 is 0 Å². The molecule has 0 N–H and O–H groups in total. The highest BCUT2D eigenvalue weighted by molar-refractivity contribution is 5.93. The van der Waals surface area contributed by atoms with Gasteiger partial charge in [0, 0.05) is 28.1 Å². The van der Waals surface area contributed by atoms with E-state index in [-0.39, 0.29) is 28.6 Å². The van der Waals surface area contributed by atoms with Gasteiger partial charge in [0.15, 0.2) is 16.9 Å². The lowest BCUT2D eigenvalue weighted by Crippen LogP contribution is -2.21. The average molecular weight is 274 g/mol. The van der Waals surface area contributed by atoms with Crippen LogP contribution < -0.4 is 5.56 Å². The lowest BCUT2D eigenvalue weighted by atomic mass is 10.3. The Morgan fingerprint density at radius 2 is 2.10 bits per heavy atom. The van der Waals surface area contributed by atoms with Crippen LogP contribution in [0.2, 0.25) is 0 Å². The Morgan fingerprint density at radius 1 is 1.40 bits per heavy atom. The maximum absolute atomic E-state index is 12.2. The molecule has 0 fully saturated rings. The van der Waals surface area contributed by atoms with E-state index in [1.54, 1.807) is 11.9 Å². The van der Waals surface area contributed by atoms with E-state index >= 15 is 0 Å². The van der Waals surface area contributed by atoms with Crippen molar-refractivity contribution in [2.75, 3.05) is 14.1 Å². The van der Waals surface area contributed by atoms with Gasteiger partial charge in [-0.15, -0.1) is 0 Å². The molecular weight excluding hydrogens is 260 g/mol. The molecule has 104 valence electrons. The highest BCUT2D eigenvalue weighted by Gasteiger charge is 2.12. The first-order chi connectivity index (χ1) is 9.40. The van der Waals surface area contributed by atoms with Crippen LogP contribution in [0.4, 0.5) is 5.95 Å². The monoisotopic (exact) mass is 274 g/mol. The molecule has 8 heteroatoms. The van der Waals surface area contributed by atoms with Gasteiger partial charge in [-0.3, -0.25) is 14.2 Å². The molecule has 20 heavy (non-hydrogen) atoms. The van der Waals surface area contributed by atoms with Gasteiger partial charge in [0.25, 0.3) is 5.56 Å². The smallest absolute Gasteiger partial charge is 0.282 e. The van der Waals surface area contributed by atoms with Crippen molar-refractivity contribution >= 4 is 29.2 Å². The minimum Gasteiger partial charge on any atom is -0.369 e. The number of carbonyl (C=O) groups is 1. The highest BCUT2D eigenvalue weighted by atomic mass is 16.1. The Bertz CT molecular complexity index is 762. The van der Waals surface area contributed by atoms with Gasteiger partial charge in [-0.05, 0) is 0 Å². The number of aromatic nitrogens is 4. The van der Waals surface area contributed by atoms with Gasteiger partial charge in [-0.25, -0.2) is 15.0 Å². The van der Waals surface area contributed by atoms with Crippen molar-refractivity contribution < 1.29 is 4.79 Å². The molecule has 0 saturated carbocycles. The van der Waals surface area contributed by atoms with Crippen LogP contribution in [-0.2, 0) is 7.05 Å². The zero-order chi connectivity index (χ0) is 14.9. The van der Waals surface area contributed by atoms with Crippen LogP contribution in [-0.4, -0.2) is 50.6 Å². The summed E-state index contributed by atoms with van der Waals surface area (Å²) in [5.74, 6) is -0.0303. The van der Waals surface area contributed by atoms with Crippen molar-refractivity contribution in [1.29, 1.82) is 0 Å². The second kappa shape index (κ2) is 5.16. The van der Waals surface area contributed by atoms with Crippen LogP contribution in [0.3, 0.4) is 0 Å². The fraction of sp³-hybridized carbons (Fsp3) is 0.333. The Hall–Kier alpha value is -2.64. The van der Waals surface area contributed by atoms with Gasteiger partial charge < -0.3 is 4.90 Å². The van der Waals surface area contributed by atoms with Gasteiger partial charge in [0.05, 0.1) is 12.5 Å². The summed E-state index contributed by atoms with van der Waals surface area (Å²) in [5, 5.41) is 0. The van der Waals surface area contributed by atoms with E-state index in [2.05, 4.69) is 19.9 Å². The molecule has 0 atom stereocenters. The molecule has 2 heterocycles. The predicted octanol–water partition coefficient (Wildman–Crippen LogP) is 0.147. The van der Waals surface area contributed by atoms with E-state index in [4.69, 9.17) is 0 Å². The van der Waals surface area contributed by atoms with Crippen molar-refractivity contribution in [2.24, 2.45) is 12.0 Å².